The molecule has 3 aromatic rings. The van der Waals surface area contributed by atoms with Gasteiger partial charge in [0.05, 0.1) is 6.20 Å². The van der Waals surface area contributed by atoms with Crippen LogP contribution >= 0.6 is 0 Å². The molecule has 0 aliphatic carbocycles. The topological polar surface area (TPSA) is 89.1 Å². The summed E-state index contributed by atoms with van der Waals surface area (Å²) in [6, 6.07) is -0.320. The average molecular weight is 327 g/mol. The maximum absolute atomic E-state index is 12.2. The first-order valence-electron chi connectivity index (χ1n) is 7.94. The van der Waals surface area contributed by atoms with Crippen molar-refractivity contribution in [2.75, 3.05) is 5.32 Å². The standard InChI is InChI=1S/C16H21N7O/c1-4-14-17-5-6-22(14)10-12(3)20-16(24)21-13-8-19-23-9-11(2)7-18-15(13)23/h5-9,12H,4,10H2,1-3H3,(H2,20,21,24). The number of hydrogen-bond donors (Lipinski definition) is 2. The molecule has 3 heterocycles. The SMILES string of the molecule is CCc1nccn1CC(C)NC(=O)Nc1cnn2cc(C)cnc12. The molecule has 8 nitrogen and oxygen atoms in total. The van der Waals surface area contributed by atoms with E-state index in [0.717, 1.165) is 17.8 Å². The number of rotatable bonds is 5. The van der Waals surface area contributed by atoms with Crippen LogP contribution < -0.4 is 10.6 Å². The lowest BCUT2D eigenvalue weighted by Gasteiger charge is -2.16. The number of imidazole rings is 1. The molecule has 1 atom stereocenters. The van der Waals surface area contributed by atoms with Gasteiger partial charge in [-0.1, -0.05) is 6.92 Å². The van der Waals surface area contributed by atoms with Gasteiger partial charge in [0.2, 0.25) is 0 Å². The number of carbonyl (C=O) groups is 1. The number of urea groups is 1. The summed E-state index contributed by atoms with van der Waals surface area (Å²) in [6.07, 6.45) is 9.76. The first-order chi connectivity index (χ1) is 11.6. The Morgan fingerprint density at radius 1 is 1.33 bits per heavy atom. The number of amides is 2. The lowest BCUT2D eigenvalue weighted by molar-refractivity contribution is 0.248. The van der Waals surface area contributed by atoms with Gasteiger partial charge in [-0.25, -0.2) is 19.3 Å². The number of nitrogens with one attached hydrogen (secondary N) is 2. The van der Waals surface area contributed by atoms with E-state index in [4.69, 9.17) is 0 Å². The largest absolute Gasteiger partial charge is 0.334 e. The van der Waals surface area contributed by atoms with Gasteiger partial charge in [0.25, 0.3) is 0 Å². The molecule has 0 radical (unpaired) electrons. The monoisotopic (exact) mass is 327 g/mol. The summed E-state index contributed by atoms with van der Waals surface area (Å²) < 4.78 is 3.69. The second kappa shape index (κ2) is 6.69. The molecule has 0 aromatic carbocycles. The predicted octanol–water partition coefficient (Wildman–Crippen LogP) is 2.01. The summed E-state index contributed by atoms with van der Waals surface area (Å²) in [5.74, 6) is 1.01. The highest BCUT2D eigenvalue weighted by Crippen LogP contribution is 2.14. The van der Waals surface area contributed by atoms with Crippen LogP contribution in [0.5, 0.6) is 0 Å². The molecule has 3 rings (SSSR count). The molecule has 0 spiro atoms. The van der Waals surface area contributed by atoms with Crippen LogP contribution in [0.15, 0.2) is 31.0 Å². The summed E-state index contributed by atoms with van der Waals surface area (Å²) in [4.78, 5) is 20.8. The predicted molar refractivity (Wildman–Crippen MR) is 90.9 cm³/mol. The Hall–Kier alpha value is -2.90. The molecular weight excluding hydrogens is 306 g/mol. The van der Waals surface area contributed by atoms with Gasteiger partial charge < -0.3 is 15.2 Å². The number of hydrogen-bond acceptors (Lipinski definition) is 4. The van der Waals surface area contributed by atoms with Crippen LogP contribution in [-0.2, 0) is 13.0 Å². The van der Waals surface area contributed by atoms with Gasteiger partial charge >= 0.3 is 6.03 Å². The van der Waals surface area contributed by atoms with Crippen molar-refractivity contribution in [1.82, 2.24) is 29.5 Å². The number of aromatic nitrogens is 5. The van der Waals surface area contributed by atoms with Gasteiger partial charge in [-0.05, 0) is 19.4 Å². The highest BCUT2D eigenvalue weighted by Gasteiger charge is 2.12. The second-order valence-electron chi connectivity index (χ2n) is 5.81. The summed E-state index contributed by atoms with van der Waals surface area (Å²) in [6.45, 7) is 6.62. The van der Waals surface area contributed by atoms with E-state index in [1.165, 1.54) is 0 Å². The van der Waals surface area contributed by atoms with Crippen molar-refractivity contribution in [2.45, 2.75) is 39.8 Å². The Morgan fingerprint density at radius 3 is 2.96 bits per heavy atom. The van der Waals surface area contributed by atoms with Gasteiger partial charge in [0.1, 0.15) is 11.5 Å². The Kier molecular flexibility index (Phi) is 4.45. The van der Waals surface area contributed by atoms with E-state index in [1.54, 1.807) is 23.1 Å². The molecule has 24 heavy (non-hydrogen) atoms. The van der Waals surface area contributed by atoms with E-state index in [2.05, 4.69) is 32.6 Å². The fourth-order valence-electron chi connectivity index (χ4n) is 2.60. The van der Waals surface area contributed by atoms with E-state index in [1.807, 2.05) is 30.8 Å². The summed E-state index contributed by atoms with van der Waals surface area (Å²) in [7, 11) is 0. The minimum atomic E-state index is -0.280. The zero-order valence-corrected chi connectivity index (χ0v) is 14.0. The third kappa shape index (κ3) is 3.37. The fraction of sp³-hybridized carbons (Fsp3) is 0.375. The van der Waals surface area contributed by atoms with Gasteiger partial charge in [-0.15, -0.1) is 0 Å². The highest BCUT2D eigenvalue weighted by molar-refractivity contribution is 5.93. The molecule has 0 aliphatic heterocycles. The van der Waals surface area contributed by atoms with Crippen molar-refractivity contribution in [2.24, 2.45) is 0 Å². The summed E-state index contributed by atoms with van der Waals surface area (Å²) in [5.41, 5.74) is 2.20. The van der Waals surface area contributed by atoms with Gasteiger partial charge in [-0.3, -0.25) is 0 Å². The van der Waals surface area contributed by atoms with Gasteiger partial charge in [-0.2, -0.15) is 5.10 Å². The molecule has 0 bridgehead atoms. The van der Waals surface area contributed by atoms with E-state index in [-0.39, 0.29) is 12.1 Å². The Morgan fingerprint density at radius 2 is 2.17 bits per heavy atom. The van der Waals surface area contributed by atoms with E-state index < -0.39 is 0 Å². The summed E-state index contributed by atoms with van der Waals surface area (Å²) in [5, 5.41) is 9.92. The van der Waals surface area contributed by atoms with Gasteiger partial charge in [0, 0.05) is 43.8 Å². The van der Waals surface area contributed by atoms with Crippen LogP contribution in [0, 0.1) is 6.92 Å². The highest BCUT2D eigenvalue weighted by atomic mass is 16.2. The number of aryl methyl sites for hydroxylation is 2. The van der Waals surface area contributed by atoms with Crippen molar-refractivity contribution in [3.63, 3.8) is 0 Å². The third-order valence-corrected chi connectivity index (χ3v) is 3.70. The van der Waals surface area contributed by atoms with Crippen molar-refractivity contribution >= 4 is 17.4 Å². The molecule has 0 fully saturated rings. The zero-order chi connectivity index (χ0) is 17.1. The maximum Gasteiger partial charge on any atom is 0.319 e. The molecule has 0 aliphatic rings. The number of carbonyl (C=O) groups excluding carboxylic acids is 1. The summed E-state index contributed by atoms with van der Waals surface area (Å²) >= 11 is 0. The molecule has 1 unspecified atom stereocenters. The van der Waals surface area contributed by atoms with Crippen LogP contribution in [0.4, 0.5) is 10.5 Å². The van der Waals surface area contributed by atoms with Crippen LogP contribution in [0.2, 0.25) is 0 Å². The number of anilines is 1. The fourth-order valence-corrected chi connectivity index (χ4v) is 2.60. The quantitative estimate of drug-likeness (QED) is 0.750. The minimum Gasteiger partial charge on any atom is -0.334 e. The van der Waals surface area contributed by atoms with Gasteiger partial charge in [0.15, 0.2) is 5.65 Å². The third-order valence-electron chi connectivity index (χ3n) is 3.70. The van der Waals surface area contributed by atoms with Crippen molar-refractivity contribution in [3.8, 4) is 0 Å². The molecule has 0 saturated heterocycles. The normalized spacial score (nSPS) is 12.3. The van der Waals surface area contributed by atoms with Crippen molar-refractivity contribution in [1.29, 1.82) is 0 Å². The molecule has 0 saturated carbocycles. The second-order valence-corrected chi connectivity index (χ2v) is 5.81. The van der Waals surface area contributed by atoms with E-state index in [0.29, 0.717) is 17.9 Å². The smallest absolute Gasteiger partial charge is 0.319 e. The zero-order valence-electron chi connectivity index (χ0n) is 14.0. The Labute approximate surface area is 139 Å². The van der Waals surface area contributed by atoms with Crippen LogP contribution in [0.1, 0.15) is 25.2 Å². The molecule has 126 valence electrons. The first-order valence-corrected chi connectivity index (χ1v) is 7.94. The Bertz CT molecular complexity index is 851. The lowest BCUT2D eigenvalue weighted by atomic mass is 10.3. The van der Waals surface area contributed by atoms with Crippen molar-refractivity contribution in [3.05, 3.63) is 42.4 Å². The van der Waals surface area contributed by atoms with E-state index in [9.17, 15) is 4.79 Å². The van der Waals surface area contributed by atoms with Crippen LogP contribution in [0.3, 0.4) is 0 Å². The lowest BCUT2D eigenvalue weighted by Crippen LogP contribution is -2.38. The average Bonchev–Trinajstić information content (AvgIpc) is 3.13. The van der Waals surface area contributed by atoms with Crippen molar-refractivity contribution < 1.29 is 4.79 Å². The Balaban J connectivity index is 1.62. The molecule has 2 N–H and O–H groups in total. The molecule has 8 heteroatoms. The molecular formula is C16H21N7O. The maximum atomic E-state index is 12.2. The molecule has 3 aromatic heterocycles. The molecule has 2 amide bonds. The first kappa shape index (κ1) is 16.0. The van der Waals surface area contributed by atoms with Crippen LogP contribution in [0.25, 0.3) is 5.65 Å². The number of fused-ring (bicyclic) bond motifs is 1. The minimum absolute atomic E-state index is 0.0402. The number of nitrogens with zero attached hydrogens (tertiary/aromatic N) is 5. The van der Waals surface area contributed by atoms with E-state index >= 15 is 0 Å². The van der Waals surface area contributed by atoms with Crippen LogP contribution in [-0.4, -0.2) is 36.2 Å².